The average molecular weight is 406 g/mol. The Kier molecular flexibility index (Phi) is 9.59. The summed E-state index contributed by atoms with van der Waals surface area (Å²) in [6, 6.07) is 6.13. The van der Waals surface area contributed by atoms with Crippen molar-refractivity contribution in [2.45, 2.75) is 76.1 Å². The summed E-state index contributed by atoms with van der Waals surface area (Å²) in [5.41, 5.74) is 0.239. The fourth-order valence-electron chi connectivity index (χ4n) is 4.14. The summed E-state index contributed by atoms with van der Waals surface area (Å²) in [5.74, 6) is 3.96. The lowest BCUT2D eigenvalue weighted by Gasteiger charge is -2.24. The number of rotatable bonds is 10. The standard InChI is InChI=1S/C23H31FO5/c24-20-9-6-5-7-16(20)11-12-17(25)13-14-19-18(21(26)15-22(19)27)8-3-1-2-4-10-23(28)29/h5-7,9,17-19,21-22,25-27H,1-4,8,10,13-15H2,(H,28,29)/t17-,18+,19+,21?,22+/m0/s1. The van der Waals surface area contributed by atoms with E-state index < -0.39 is 30.1 Å². The van der Waals surface area contributed by atoms with Gasteiger partial charge >= 0.3 is 5.97 Å². The predicted octanol–water partition coefficient (Wildman–Crippen LogP) is 3.10. The smallest absolute Gasteiger partial charge is 0.303 e. The molecule has 5 nitrogen and oxygen atoms in total. The summed E-state index contributed by atoms with van der Waals surface area (Å²) >= 11 is 0. The van der Waals surface area contributed by atoms with Crippen LogP contribution in [0.2, 0.25) is 0 Å². The SMILES string of the molecule is O=C(O)CCCCCC[C@H]1C(O)C[C@@H](O)[C@@H]1CC[C@@H](O)C#Cc1ccccc1F. The highest BCUT2D eigenvalue weighted by Crippen LogP contribution is 2.39. The summed E-state index contributed by atoms with van der Waals surface area (Å²) in [7, 11) is 0. The van der Waals surface area contributed by atoms with Crippen LogP contribution in [-0.4, -0.2) is 44.7 Å². The molecule has 29 heavy (non-hydrogen) atoms. The first-order valence-electron chi connectivity index (χ1n) is 10.4. The molecule has 0 spiro atoms. The van der Waals surface area contributed by atoms with Crippen LogP contribution in [0.25, 0.3) is 0 Å². The average Bonchev–Trinajstić information content (AvgIpc) is 2.94. The number of unbranched alkanes of at least 4 members (excludes halogenated alkanes) is 3. The van der Waals surface area contributed by atoms with E-state index >= 15 is 0 Å². The highest BCUT2D eigenvalue weighted by molar-refractivity contribution is 5.66. The summed E-state index contributed by atoms with van der Waals surface area (Å²) < 4.78 is 13.6. The van der Waals surface area contributed by atoms with Crippen molar-refractivity contribution in [3.05, 3.63) is 35.6 Å². The van der Waals surface area contributed by atoms with Gasteiger partial charge in [-0.3, -0.25) is 4.79 Å². The first-order chi connectivity index (χ1) is 13.9. The van der Waals surface area contributed by atoms with Crippen molar-refractivity contribution >= 4 is 5.97 Å². The van der Waals surface area contributed by atoms with E-state index in [-0.39, 0.29) is 23.8 Å². The lowest BCUT2D eigenvalue weighted by molar-refractivity contribution is -0.137. The largest absolute Gasteiger partial charge is 0.481 e. The quantitative estimate of drug-likeness (QED) is 0.354. The fraction of sp³-hybridized carbons (Fsp3) is 0.609. The normalized spacial score (nSPS) is 24.7. The van der Waals surface area contributed by atoms with Crippen molar-refractivity contribution in [1.29, 1.82) is 0 Å². The molecule has 160 valence electrons. The molecule has 5 atom stereocenters. The molecule has 1 aromatic rings. The van der Waals surface area contributed by atoms with Gasteiger partial charge in [0.05, 0.1) is 17.8 Å². The molecule has 0 saturated heterocycles. The molecular formula is C23H31FO5. The molecule has 0 aromatic heterocycles. The summed E-state index contributed by atoms with van der Waals surface area (Å²) in [4.78, 5) is 10.5. The van der Waals surface area contributed by atoms with Crippen molar-refractivity contribution in [2.75, 3.05) is 0 Å². The fourth-order valence-corrected chi connectivity index (χ4v) is 4.14. The Balaban J connectivity index is 1.79. The van der Waals surface area contributed by atoms with E-state index in [0.29, 0.717) is 25.7 Å². The van der Waals surface area contributed by atoms with Gasteiger partial charge in [-0.1, -0.05) is 43.2 Å². The van der Waals surface area contributed by atoms with Gasteiger partial charge in [-0.25, -0.2) is 4.39 Å². The third-order valence-corrected chi connectivity index (χ3v) is 5.72. The molecular weight excluding hydrogens is 375 g/mol. The maximum absolute atomic E-state index is 13.6. The van der Waals surface area contributed by atoms with Crippen LogP contribution in [0.3, 0.4) is 0 Å². The Labute approximate surface area is 171 Å². The topological polar surface area (TPSA) is 98.0 Å². The molecule has 1 aromatic carbocycles. The third-order valence-electron chi connectivity index (χ3n) is 5.72. The zero-order valence-electron chi connectivity index (χ0n) is 16.6. The van der Waals surface area contributed by atoms with E-state index in [4.69, 9.17) is 5.11 Å². The first-order valence-corrected chi connectivity index (χ1v) is 10.4. The van der Waals surface area contributed by atoms with Crippen molar-refractivity contribution in [3.8, 4) is 11.8 Å². The van der Waals surface area contributed by atoms with Gasteiger partial charge in [0.1, 0.15) is 11.9 Å². The van der Waals surface area contributed by atoms with Crippen LogP contribution >= 0.6 is 0 Å². The van der Waals surface area contributed by atoms with Crippen molar-refractivity contribution in [2.24, 2.45) is 11.8 Å². The Bertz CT molecular complexity index is 711. The number of aliphatic carboxylic acids is 1. The number of carbonyl (C=O) groups is 1. The molecule has 4 N–H and O–H groups in total. The number of aliphatic hydroxyl groups is 3. The van der Waals surface area contributed by atoms with E-state index in [0.717, 1.165) is 25.7 Å². The number of halogens is 1. The third kappa shape index (κ3) is 7.77. The highest BCUT2D eigenvalue weighted by atomic mass is 19.1. The maximum Gasteiger partial charge on any atom is 0.303 e. The van der Waals surface area contributed by atoms with E-state index in [1.54, 1.807) is 18.2 Å². The zero-order valence-corrected chi connectivity index (χ0v) is 16.6. The monoisotopic (exact) mass is 406 g/mol. The summed E-state index contributed by atoms with van der Waals surface area (Å²) in [5, 5.41) is 39.4. The maximum atomic E-state index is 13.6. The van der Waals surface area contributed by atoms with Crippen LogP contribution in [-0.2, 0) is 4.79 Å². The molecule has 0 aliphatic heterocycles. The second kappa shape index (κ2) is 11.9. The van der Waals surface area contributed by atoms with Gasteiger partial charge in [0.2, 0.25) is 0 Å². The minimum Gasteiger partial charge on any atom is -0.481 e. The molecule has 2 rings (SSSR count). The molecule has 0 amide bonds. The molecule has 1 aliphatic carbocycles. The van der Waals surface area contributed by atoms with Crippen LogP contribution in [0, 0.1) is 29.5 Å². The highest BCUT2D eigenvalue weighted by Gasteiger charge is 2.40. The molecule has 0 radical (unpaired) electrons. The summed E-state index contributed by atoms with van der Waals surface area (Å²) in [6.07, 6.45) is 3.36. The molecule has 0 heterocycles. The van der Waals surface area contributed by atoms with E-state index in [9.17, 15) is 24.5 Å². The second-order valence-electron chi connectivity index (χ2n) is 7.89. The number of benzene rings is 1. The number of aliphatic hydroxyl groups excluding tert-OH is 3. The van der Waals surface area contributed by atoms with Crippen LogP contribution in [0.5, 0.6) is 0 Å². The van der Waals surface area contributed by atoms with Crippen molar-refractivity contribution < 1.29 is 29.6 Å². The van der Waals surface area contributed by atoms with Crippen LogP contribution < -0.4 is 0 Å². The van der Waals surface area contributed by atoms with Crippen LogP contribution in [0.15, 0.2) is 24.3 Å². The molecule has 1 saturated carbocycles. The predicted molar refractivity (Wildman–Crippen MR) is 107 cm³/mol. The molecule has 0 bridgehead atoms. The lowest BCUT2D eigenvalue weighted by Crippen LogP contribution is -2.23. The van der Waals surface area contributed by atoms with Crippen LogP contribution in [0.4, 0.5) is 4.39 Å². The van der Waals surface area contributed by atoms with Gasteiger partial charge in [-0.15, -0.1) is 0 Å². The number of hydrogen-bond donors (Lipinski definition) is 4. The van der Waals surface area contributed by atoms with E-state index in [1.807, 2.05) is 0 Å². The van der Waals surface area contributed by atoms with E-state index in [2.05, 4.69) is 11.8 Å². The number of carboxylic acids is 1. The minimum absolute atomic E-state index is 0.0313. The number of carboxylic acid groups (broad SMARTS) is 1. The van der Waals surface area contributed by atoms with Gasteiger partial charge in [0.15, 0.2) is 0 Å². The van der Waals surface area contributed by atoms with Crippen molar-refractivity contribution in [1.82, 2.24) is 0 Å². The van der Waals surface area contributed by atoms with E-state index in [1.165, 1.54) is 6.07 Å². The molecule has 6 heteroatoms. The first kappa shape index (κ1) is 23.3. The molecule has 1 aliphatic rings. The molecule has 1 fully saturated rings. The van der Waals surface area contributed by atoms with Gasteiger partial charge in [-0.2, -0.15) is 0 Å². The Morgan fingerprint density at radius 2 is 1.72 bits per heavy atom. The van der Waals surface area contributed by atoms with Gasteiger partial charge in [0.25, 0.3) is 0 Å². The second-order valence-corrected chi connectivity index (χ2v) is 7.89. The van der Waals surface area contributed by atoms with Gasteiger partial charge < -0.3 is 20.4 Å². The van der Waals surface area contributed by atoms with Crippen molar-refractivity contribution in [3.63, 3.8) is 0 Å². The van der Waals surface area contributed by atoms with Gasteiger partial charge in [0, 0.05) is 6.42 Å². The Morgan fingerprint density at radius 1 is 1.07 bits per heavy atom. The Morgan fingerprint density at radius 3 is 2.41 bits per heavy atom. The number of hydrogen-bond acceptors (Lipinski definition) is 4. The Hall–Kier alpha value is -1.94. The zero-order chi connectivity index (χ0) is 21.2. The van der Waals surface area contributed by atoms with Crippen LogP contribution in [0.1, 0.15) is 63.4 Å². The molecule has 1 unspecified atom stereocenters. The minimum atomic E-state index is -0.920. The summed E-state index contributed by atoms with van der Waals surface area (Å²) in [6.45, 7) is 0. The lowest BCUT2D eigenvalue weighted by atomic mass is 9.85. The van der Waals surface area contributed by atoms with Gasteiger partial charge in [-0.05, 0) is 56.1 Å².